The highest BCUT2D eigenvalue weighted by Crippen LogP contribution is 2.28. The van der Waals surface area contributed by atoms with E-state index in [1.165, 1.54) is 11.8 Å². The summed E-state index contributed by atoms with van der Waals surface area (Å²) in [4.78, 5) is 21.9. The number of nitrogens with two attached hydrogens (primary N) is 1. The third-order valence-corrected chi connectivity index (χ3v) is 3.00. The molecule has 2 aromatic rings. The molecule has 1 aliphatic heterocycles. The second kappa shape index (κ2) is 4.10. The number of para-hydroxylation sites is 1. The molecule has 5 heteroatoms. The molecule has 3 rings (SSSR count). The molecule has 0 spiro atoms. The van der Waals surface area contributed by atoms with Crippen LogP contribution in [0.4, 0.5) is 11.5 Å². The summed E-state index contributed by atoms with van der Waals surface area (Å²) in [5.41, 5.74) is 7.68. The Labute approximate surface area is 104 Å². The Balaban J connectivity index is 1.96. The molecule has 0 saturated carbocycles. The molecule has 1 amide bonds. The monoisotopic (exact) mass is 240 g/mol. The first-order valence-corrected chi connectivity index (χ1v) is 5.74. The van der Waals surface area contributed by atoms with Gasteiger partial charge in [-0.15, -0.1) is 0 Å². The number of aromatic nitrogens is 2. The number of hydrogen-bond donors (Lipinski definition) is 1. The summed E-state index contributed by atoms with van der Waals surface area (Å²) in [5.74, 6) is 0.250. The van der Waals surface area contributed by atoms with E-state index in [4.69, 9.17) is 5.73 Å². The van der Waals surface area contributed by atoms with Crippen LogP contribution in [0, 0.1) is 0 Å². The maximum absolute atomic E-state index is 12.3. The van der Waals surface area contributed by atoms with Crippen molar-refractivity contribution in [1.29, 1.82) is 0 Å². The average molecular weight is 240 g/mol. The van der Waals surface area contributed by atoms with Gasteiger partial charge in [0.1, 0.15) is 5.82 Å². The second-order valence-electron chi connectivity index (χ2n) is 4.14. The summed E-state index contributed by atoms with van der Waals surface area (Å²) >= 11 is 0. The van der Waals surface area contributed by atoms with E-state index in [1.54, 1.807) is 11.0 Å². The smallest absolute Gasteiger partial charge is 0.296 e. The SMILES string of the molecule is Nc1ccnc(C(=O)N2CCc3ccccc32)n1. The highest BCUT2D eigenvalue weighted by molar-refractivity contribution is 6.05. The lowest BCUT2D eigenvalue weighted by Gasteiger charge is -2.16. The fraction of sp³-hybridized carbons (Fsp3) is 0.154. The minimum Gasteiger partial charge on any atom is -0.384 e. The van der Waals surface area contributed by atoms with Gasteiger partial charge in [-0.05, 0) is 24.1 Å². The quantitative estimate of drug-likeness (QED) is 0.814. The van der Waals surface area contributed by atoms with Crippen molar-refractivity contribution in [2.75, 3.05) is 17.2 Å². The molecule has 0 fully saturated rings. The lowest BCUT2D eigenvalue weighted by atomic mass is 10.2. The highest BCUT2D eigenvalue weighted by atomic mass is 16.2. The first-order valence-electron chi connectivity index (χ1n) is 5.74. The maximum atomic E-state index is 12.3. The Bertz CT molecular complexity index is 611. The molecule has 1 aromatic carbocycles. The van der Waals surface area contributed by atoms with Crippen LogP contribution < -0.4 is 10.6 Å². The van der Waals surface area contributed by atoms with Crippen molar-refractivity contribution in [3.8, 4) is 0 Å². The van der Waals surface area contributed by atoms with E-state index < -0.39 is 0 Å². The topological polar surface area (TPSA) is 72.1 Å². The molecule has 18 heavy (non-hydrogen) atoms. The van der Waals surface area contributed by atoms with Gasteiger partial charge in [0.05, 0.1) is 0 Å². The molecule has 0 radical (unpaired) electrons. The van der Waals surface area contributed by atoms with Crippen molar-refractivity contribution in [1.82, 2.24) is 9.97 Å². The van der Waals surface area contributed by atoms with Gasteiger partial charge in [-0.1, -0.05) is 18.2 Å². The summed E-state index contributed by atoms with van der Waals surface area (Å²) in [6.07, 6.45) is 2.36. The number of nitrogen functional groups attached to an aromatic ring is 1. The molecule has 2 heterocycles. The average Bonchev–Trinajstić information content (AvgIpc) is 2.82. The number of amides is 1. The number of fused-ring (bicyclic) bond motifs is 1. The molecule has 5 nitrogen and oxygen atoms in total. The summed E-state index contributed by atoms with van der Waals surface area (Å²) in [6, 6.07) is 9.43. The Morgan fingerprint density at radius 1 is 1.28 bits per heavy atom. The van der Waals surface area contributed by atoms with Crippen LogP contribution in [0.2, 0.25) is 0 Å². The molecule has 0 bridgehead atoms. The first-order chi connectivity index (χ1) is 8.75. The Morgan fingerprint density at radius 2 is 2.11 bits per heavy atom. The van der Waals surface area contributed by atoms with E-state index in [-0.39, 0.29) is 11.7 Å². The molecule has 0 saturated heterocycles. The van der Waals surface area contributed by atoms with Gasteiger partial charge in [0.2, 0.25) is 5.82 Å². The van der Waals surface area contributed by atoms with Crippen LogP contribution in [-0.4, -0.2) is 22.4 Å². The fourth-order valence-electron chi connectivity index (χ4n) is 2.15. The van der Waals surface area contributed by atoms with Crippen LogP contribution >= 0.6 is 0 Å². The number of nitrogens with zero attached hydrogens (tertiary/aromatic N) is 3. The van der Waals surface area contributed by atoms with Gasteiger partial charge >= 0.3 is 0 Å². The van der Waals surface area contributed by atoms with Gasteiger partial charge in [-0.25, -0.2) is 9.97 Å². The molecule has 2 N–H and O–H groups in total. The molecular formula is C13H12N4O. The van der Waals surface area contributed by atoms with Crippen molar-refractivity contribution >= 4 is 17.4 Å². The Hall–Kier alpha value is -2.43. The number of carbonyl (C=O) groups excluding carboxylic acids is 1. The van der Waals surface area contributed by atoms with Gasteiger partial charge in [-0.3, -0.25) is 4.79 Å². The zero-order chi connectivity index (χ0) is 12.5. The van der Waals surface area contributed by atoms with E-state index >= 15 is 0 Å². The minimum absolute atomic E-state index is 0.145. The summed E-state index contributed by atoms with van der Waals surface area (Å²) in [5, 5.41) is 0. The fourth-order valence-corrected chi connectivity index (χ4v) is 2.15. The number of benzene rings is 1. The van der Waals surface area contributed by atoms with Crippen LogP contribution in [0.5, 0.6) is 0 Å². The normalized spacial score (nSPS) is 13.4. The Morgan fingerprint density at radius 3 is 2.94 bits per heavy atom. The summed E-state index contributed by atoms with van der Waals surface area (Å²) < 4.78 is 0. The van der Waals surface area contributed by atoms with E-state index in [0.717, 1.165) is 12.1 Å². The number of carbonyl (C=O) groups is 1. The zero-order valence-corrected chi connectivity index (χ0v) is 9.71. The van der Waals surface area contributed by atoms with Crippen molar-refractivity contribution in [2.24, 2.45) is 0 Å². The van der Waals surface area contributed by atoms with E-state index in [9.17, 15) is 4.79 Å². The summed E-state index contributed by atoms with van der Waals surface area (Å²) in [6.45, 7) is 0.663. The van der Waals surface area contributed by atoms with Crippen molar-refractivity contribution in [3.63, 3.8) is 0 Å². The zero-order valence-electron chi connectivity index (χ0n) is 9.71. The Kier molecular flexibility index (Phi) is 2.44. The molecule has 1 aromatic heterocycles. The number of rotatable bonds is 1. The highest BCUT2D eigenvalue weighted by Gasteiger charge is 2.26. The van der Waals surface area contributed by atoms with Gasteiger partial charge in [-0.2, -0.15) is 0 Å². The van der Waals surface area contributed by atoms with Crippen LogP contribution in [0.15, 0.2) is 36.5 Å². The largest absolute Gasteiger partial charge is 0.384 e. The second-order valence-corrected chi connectivity index (χ2v) is 4.14. The van der Waals surface area contributed by atoms with Gasteiger partial charge in [0.25, 0.3) is 5.91 Å². The lowest BCUT2D eigenvalue weighted by Crippen LogP contribution is -2.30. The predicted molar refractivity (Wildman–Crippen MR) is 68.3 cm³/mol. The lowest BCUT2D eigenvalue weighted by molar-refractivity contribution is 0.0979. The summed E-state index contributed by atoms with van der Waals surface area (Å²) in [7, 11) is 0. The molecule has 1 aliphatic rings. The van der Waals surface area contributed by atoms with Gasteiger partial charge in [0.15, 0.2) is 0 Å². The molecule has 0 aliphatic carbocycles. The third-order valence-electron chi connectivity index (χ3n) is 3.00. The van der Waals surface area contributed by atoms with Crippen LogP contribution in [0.25, 0.3) is 0 Å². The molecule has 0 atom stereocenters. The van der Waals surface area contributed by atoms with Crippen LogP contribution in [-0.2, 0) is 6.42 Å². The van der Waals surface area contributed by atoms with E-state index in [2.05, 4.69) is 9.97 Å². The van der Waals surface area contributed by atoms with E-state index in [0.29, 0.717) is 12.4 Å². The van der Waals surface area contributed by atoms with E-state index in [1.807, 2.05) is 24.3 Å². The number of anilines is 2. The maximum Gasteiger partial charge on any atom is 0.296 e. The minimum atomic E-state index is -0.202. The van der Waals surface area contributed by atoms with Gasteiger partial charge in [0, 0.05) is 18.4 Å². The molecule has 0 unspecified atom stereocenters. The third kappa shape index (κ3) is 1.69. The van der Waals surface area contributed by atoms with Crippen molar-refractivity contribution in [2.45, 2.75) is 6.42 Å². The van der Waals surface area contributed by atoms with Crippen LogP contribution in [0.3, 0.4) is 0 Å². The van der Waals surface area contributed by atoms with Crippen molar-refractivity contribution < 1.29 is 4.79 Å². The van der Waals surface area contributed by atoms with Gasteiger partial charge < -0.3 is 10.6 Å². The molecular weight excluding hydrogens is 228 g/mol. The predicted octanol–water partition coefficient (Wildman–Crippen LogP) is 1.26. The first kappa shape index (κ1) is 10.7. The standard InChI is InChI=1S/C13H12N4O/c14-11-5-7-15-12(16-11)13(18)17-8-6-9-3-1-2-4-10(9)17/h1-5,7H,6,8H2,(H2,14,15,16). The number of hydrogen-bond acceptors (Lipinski definition) is 4. The van der Waals surface area contributed by atoms with Crippen molar-refractivity contribution in [3.05, 3.63) is 47.9 Å². The van der Waals surface area contributed by atoms with Crippen LogP contribution in [0.1, 0.15) is 16.2 Å². The molecule has 90 valence electrons.